The molecule has 1 N–H and O–H groups in total. The van der Waals surface area contributed by atoms with E-state index in [1.54, 1.807) is 17.9 Å². The Morgan fingerprint density at radius 2 is 1.79 bits per heavy atom. The molecule has 12 heteroatoms. The first-order valence-electron chi connectivity index (χ1n) is 12.7. The molecular formula is C27H30F3N7O2. The van der Waals surface area contributed by atoms with Crippen LogP contribution < -0.4 is 10.5 Å². The number of H-pyrrole nitrogens is 1. The molecule has 1 atom stereocenters. The van der Waals surface area contributed by atoms with Gasteiger partial charge in [0.1, 0.15) is 6.04 Å². The number of aromatic amines is 1. The van der Waals surface area contributed by atoms with Gasteiger partial charge in [-0.15, -0.1) is 5.10 Å². The van der Waals surface area contributed by atoms with Gasteiger partial charge in [-0.1, -0.05) is 18.2 Å². The molecule has 0 radical (unpaired) electrons. The summed E-state index contributed by atoms with van der Waals surface area (Å²) < 4.78 is 46.7. The largest absolute Gasteiger partial charge is 0.416 e. The van der Waals surface area contributed by atoms with E-state index in [0.717, 1.165) is 28.1 Å². The summed E-state index contributed by atoms with van der Waals surface area (Å²) in [6.45, 7) is 6.67. The SMILES string of the molecule is COCCn1nnnc1C(c1cc2c(C)ccc(C)c2[nH]c1=O)N1CCN(c2cccc(C(F)(F)F)c2)CC1. The van der Waals surface area contributed by atoms with Gasteiger partial charge in [-0.3, -0.25) is 9.69 Å². The highest BCUT2D eigenvalue weighted by molar-refractivity contribution is 5.85. The lowest BCUT2D eigenvalue weighted by atomic mass is 9.99. The van der Waals surface area contributed by atoms with Crippen LogP contribution in [0.3, 0.4) is 0 Å². The summed E-state index contributed by atoms with van der Waals surface area (Å²) >= 11 is 0. The number of hydrogen-bond acceptors (Lipinski definition) is 7. The van der Waals surface area contributed by atoms with Gasteiger partial charge in [0.25, 0.3) is 5.56 Å². The lowest BCUT2D eigenvalue weighted by Gasteiger charge is -2.39. The number of ether oxygens (including phenoxy) is 1. The molecule has 0 saturated carbocycles. The first-order valence-corrected chi connectivity index (χ1v) is 12.7. The summed E-state index contributed by atoms with van der Waals surface area (Å²) in [7, 11) is 1.59. The number of pyridine rings is 1. The van der Waals surface area contributed by atoms with Crippen LogP contribution in [0, 0.1) is 13.8 Å². The molecule has 3 heterocycles. The number of aryl methyl sites for hydroxylation is 2. The zero-order valence-electron chi connectivity index (χ0n) is 22.0. The number of fused-ring (bicyclic) bond motifs is 1. The smallest absolute Gasteiger partial charge is 0.383 e. The third-order valence-corrected chi connectivity index (χ3v) is 7.30. The zero-order valence-corrected chi connectivity index (χ0v) is 22.0. The van der Waals surface area contributed by atoms with Crippen LogP contribution in [-0.4, -0.2) is 70.0 Å². The lowest BCUT2D eigenvalue weighted by molar-refractivity contribution is -0.137. The highest BCUT2D eigenvalue weighted by atomic mass is 19.4. The first-order chi connectivity index (χ1) is 18.7. The van der Waals surface area contributed by atoms with Crippen LogP contribution in [0.2, 0.25) is 0 Å². The molecule has 1 unspecified atom stereocenters. The highest BCUT2D eigenvalue weighted by Gasteiger charge is 2.34. The zero-order chi connectivity index (χ0) is 27.7. The van der Waals surface area contributed by atoms with Crippen molar-refractivity contribution in [2.24, 2.45) is 0 Å². The molecule has 9 nitrogen and oxygen atoms in total. The Bertz CT molecular complexity index is 1520. The van der Waals surface area contributed by atoms with E-state index in [2.05, 4.69) is 25.4 Å². The number of hydrogen-bond donors (Lipinski definition) is 1. The normalized spacial score (nSPS) is 15.7. The van der Waals surface area contributed by atoms with E-state index in [0.29, 0.717) is 56.4 Å². The molecule has 1 aliphatic heterocycles. The van der Waals surface area contributed by atoms with Gasteiger partial charge in [-0.2, -0.15) is 13.2 Å². The third-order valence-electron chi connectivity index (χ3n) is 7.30. The number of aromatic nitrogens is 5. The number of benzene rings is 2. The van der Waals surface area contributed by atoms with E-state index in [9.17, 15) is 18.0 Å². The number of tetrazole rings is 1. The Morgan fingerprint density at radius 1 is 1.05 bits per heavy atom. The number of piperazine rings is 1. The summed E-state index contributed by atoms with van der Waals surface area (Å²) in [6, 6.07) is 10.7. The summed E-state index contributed by atoms with van der Waals surface area (Å²) in [4.78, 5) is 20.6. The van der Waals surface area contributed by atoms with Crippen LogP contribution in [0.4, 0.5) is 18.9 Å². The maximum Gasteiger partial charge on any atom is 0.416 e. The molecule has 1 saturated heterocycles. The number of anilines is 1. The number of halogens is 3. The fourth-order valence-corrected chi connectivity index (χ4v) is 5.16. The van der Waals surface area contributed by atoms with Crippen LogP contribution in [0.5, 0.6) is 0 Å². The van der Waals surface area contributed by atoms with Crippen LogP contribution in [0.15, 0.2) is 47.3 Å². The van der Waals surface area contributed by atoms with Crippen molar-refractivity contribution >= 4 is 16.6 Å². The van der Waals surface area contributed by atoms with Crippen molar-refractivity contribution in [1.29, 1.82) is 0 Å². The standard InChI is InChI=1S/C27H30F3N7O2/c1-17-7-8-18(2)23-21(17)16-22(26(38)31-23)24(25-32-33-34-37(25)13-14-39-3)36-11-9-35(10-12-36)20-6-4-5-19(15-20)27(28,29)30/h4-8,15-16,24H,9-14H2,1-3H3,(H,31,38). The van der Waals surface area contributed by atoms with Gasteiger partial charge in [0, 0.05) is 49.9 Å². The van der Waals surface area contributed by atoms with Gasteiger partial charge in [-0.25, -0.2) is 4.68 Å². The summed E-state index contributed by atoms with van der Waals surface area (Å²) in [5.41, 5.74) is 2.90. The summed E-state index contributed by atoms with van der Waals surface area (Å²) in [6.07, 6.45) is -4.41. The molecule has 2 aromatic heterocycles. The molecule has 2 aromatic carbocycles. The predicted octanol–water partition coefficient (Wildman–Crippen LogP) is 3.71. The van der Waals surface area contributed by atoms with E-state index in [-0.39, 0.29) is 5.56 Å². The van der Waals surface area contributed by atoms with Gasteiger partial charge >= 0.3 is 6.18 Å². The predicted molar refractivity (Wildman–Crippen MR) is 141 cm³/mol. The molecule has 4 aromatic rings. The molecular weight excluding hydrogens is 511 g/mol. The van der Waals surface area contributed by atoms with Gasteiger partial charge in [0.05, 0.1) is 24.2 Å². The van der Waals surface area contributed by atoms with Crippen molar-refractivity contribution in [1.82, 2.24) is 30.1 Å². The van der Waals surface area contributed by atoms with Crippen molar-refractivity contribution in [3.05, 3.63) is 80.9 Å². The van der Waals surface area contributed by atoms with Gasteiger partial charge < -0.3 is 14.6 Å². The molecule has 206 valence electrons. The quantitative estimate of drug-likeness (QED) is 0.381. The van der Waals surface area contributed by atoms with Crippen LogP contribution in [0.1, 0.15) is 34.1 Å². The van der Waals surface area contributed by atoms with E-state index in [4.69, 9.17) is 4.74 Å². The van der Waals surface area contributed by atoms with Crippen molar-refractivity contribution in [2.75, 3.05) is 44.8 Å². The first kappa shape index (κ1) is 26.8. The maximum absolute atomic E-state index is 13.5. The minimum atomic E-state index is -4.41. The molecule has 0 bridgehead atoms. The number of alkyl halides is 3. The van der Waals surface area contributed by atoms with Crippen molar-refractivity contribution in [3.63, 3.8) is 0 Å². The minimum absolute atomic E-state index is 0.234. The molecule has 39 heavy (non-hydrogen) atoms. The summed E-state index contributed by atoms with van der Waals surface area (Å²) in [5, 5.41) is 13.3. The fourth-order valence-electron chi connectivity index (χ4n) is 5.16. The average Bonchev–Trinajstić information content (AvgIpc) is 3.38. The average molecular weight is 542 g/mol. The Hall–Kier alpha value is -3.77. The number of rotatable bonds is 7. The molecule has 0 spiro atoms. The number of nitrogens with zero attached hydrogens (tertiary/aromatic N) is 6. The van der Waals surface area contributed by atoms with Crippen molar-refractivity contribution in [2.45, 2.75) is 32.6 Å². The maximum atomic E-state index is 13.5. The minimum Gasteiger partial charge on any atom is -0.383 e. The second-order valence-electron chi connectivity index (χ2n) is 9.77. The van der Waals surface area contributed by atoms with E-state index < -0.39 is 17.8 Å². The topological polar surface area (TPSA) is 92.2 Å². The van der Waals surface area contributed by atoms with Gasteiger partial charge in [0.15, 0.2) is 5.82 Å². The fraction of sp³-hybridized carbons (Fsp3) is 0.407. The van der Waals surface area contributed by atoms with Gasteiger partial charge in [0.2, 0.25) is 0 Å². The Kier molecular flexibility index (Phi) is 7.41. The Morgan fingerprint density at radius 3 is 2.51 bits per heavy atom. The highest BCUT2D eigenvalue weighted by Crippen LogP contribution is 2.33. The van der Waals surface area contributed by atoms with Crippen molar-refractivity contribution < 1.29 is 17.9 Å². The monoisotopic (exact) mass is 541 g/mol. The van der Waals surface area contributed by atoms with Crippen LogP contribution in [-0.2, 0) is 17.5 Å². The van der Waals surface area contributed by atoms with Gasteiger partial charge in [-0.05, 0) is 59.7 Å². The Labute approximate surface area is 223 Å². The van der Waals surface area contributed by atoms with E-state index >= 15 is 0 Å². The number of methoxy groups -OCH3 is 1. The Balaban J connectivity index is 1.51. The summed E-state index contributed by atoms with van der Waals surface area (Å²) in [5.74, 6) is 0.509. The molecule has 0 amide bonds. The second kappa shape index (κ2) is 10.8. The molecule has 0 aliphatic carbocycles. The van der Waals surface area contributed by atoms with Crippen LogP contribution in [0.25, 0.3) is 10.9 Å². The lowest BCUT2D eigenvalue weighted by Crippen LogP contribution is -2.49. The van der Waals surface area contributed by atoms with E-state index in [1.807, 2.05) is 36.9 Å². The van der Waals surface area contributed by atoms with Crippen LogP contribution >= 0.6 is 0 Å². The number of nitrogens with one attached hydrogen (secondary N) is 1. The van der Waals surface area contributed by atoms with Crippen molar-refractivity contribution in [3.8, 4) is 0 Å². The molecule has 1 fully saturated rings. The molecule has 1 aliphatic rings. The molecule has 5 rings (SSSR count). The third kappa shape index (κ3) is 5.39. The second-order valence-corrected chi connectivity index (χ2v) is 9.77. The van der Waals surface area contributed by atoms with E-state index in [1.165, 1.54) is 12.1 Å².